The fourth-order valence-electron chi connectivity index (χ4n) is 3.07. The summed E-state index contributed by atoms with van der Waals surface area (Å²) in [7, 11) is 0. The van der Waals surface area contributed by atoms with E-state index in [4.69, 9.17) is 32.7 Å². The van der Waals surface area contributed by atoms with E-state index in [1.807, 2.05) is 6.92 Å². The van der Waals surface area contributed by atoms with E-state index in [1.54, 1.807) is 0 Å². The second kappa shape index (κ2) is 7.17. The normalized spacial score (nSPS) is 22.0. The number of anilines is 1. The van der Waals surface area contributed by atoms with Crippen molar-refractivity contribution in [1.82, 2.24) is 5.32 Å². The lowest BCUT2D eigenvalue weighted by Crippen LogP contribution is -2.40. The molecule has 1 aromatic carbocycles. The van der Waals surface area contributed by atoms with Crippen molar-refractivity contribution < 1.29 is 19.1 Å². The Balaban J connectivity index is 1.86. The van der Waals surface area contributed by atoms with Crippen molar-refractivity contribution in [3.63, 3.8) is 0 Å². The molecular weight excluding hydrogens is 355 g/mol. The van der Waals surface area contributed by atoms with E-state index < -0.39 is 12.1 Å². The van der Waals surface area contributed by atoms with Gasteiger partial charge in [-0.3, -0.25) is 4.79 Å². The number of rotatable bonds is 4. The van der Waals surface area contributed by atoms with Gasteiger partial charge in [-0.1, -0.05) is 23.2 Å². The molecule has 6 nitrogen and oxygen atoms in total. The second-order valence-electron chi connectivity index (χ2n) is 5.72. The Kier molecular flexibility index (Phi) is 5.18. The number of carbonyl (C=O) groups excluding carboxylic acids is 2. The molecule has 0 aliphatic carbocycles. The van der Waals surface area contributed by atoms with E-state index >= 15 is 0 Å². The summed E-state index contributed by atoms with van der Waals surface area (Å²) in [5, 5.41) is 3.28. The van der Waals surface area contributed by atoms with Gasteiger partial charge in [-0.25, -0.2) is 9.69 Å². The molecule has 0 saturated carbocycles. The van der Waals surface area contributed by atoms with Crippen molar-refractivity contribution in [3.05, 3.63) is 22.2 Å². The molecule has 3 rings (SSSR count). The summed E-state index contributed by atoms with van der Waals surface area (Å²) >= 11 is 12.4. The van der Waals surface area contributed by atoms with Gasteiger partial charge in [0.15, 0.2) is 5.75 Å². The van der Waals surface area contributed by atoms with E-state index in [2.05, 4.69) is 5.32 Å². The molecule has 2 heterocycles. The summed E-state index contributed by atoms with van der Waals surface area (Å²) in [5.41, 5.74) is 0.338. The molecule has 1 aromatic rings. The molecule has 2 aliphatic rings. The van der Waals surface area contributed by atoms with Crippen LogP contribution < -0.4 is 15.0 Å². The van der Waals surface area contributed by atoms with Crippen LogP contribution >= 0.6 is 23.2 Å². The van der Waals surface area contributed by atoms with Crippen LogP contribution in [0.1, 0.15) is 19.8 Å². The predicted octanol–water partition coefficient (Wildman–Crippen LogP) is 3.24. The zero-order valence-electron chi connectivity index (χ0n) is 13.2. The van der Waals surface area contributed by atoms with Gasteiger partial charge in [-0.05, 0) is 37.8 Å². The van der Waals surface area contributed by atoms with Crippen LogP contribution in [0.15, 0.2) is 12.1 Å². The Morgan fingerprint density at radius 3 is 2.46 bits per heavy atom. The molecule has 1 atom stereocenters. The minimum atomic E-state index is -0.537. The highest BCUT2D eigenvalue weighted by Gasteiger charge is 2.43. The number of hydrogen-bond donors (Lipinski definition) is 1. The quantitative estimate of drug-likeness (QED) is 0.823. The molecule has 24 heavy (non-hydrogen) atoms. The smallest absolute Gasteiger partial charge is 0.329 e. The highest BCUT2D eigenvalue weighted by Crippen LogP contribution is 2.38. The number of imide groups is 1. The van der Waals surface area contributed by atoms with Gasteiger partial charge in [0, 0.05) is 13.2 Å². The van der Waals surface area contributed by atoms with E-state index in [0.29, 0.717) is 31.3 Å². The highest BCUT2D eigenvalue weighted by atomic mass is 35.5. The number of carbonyl (C=O) groups is 2. The number of nitrogens with one attached hydrogen (secondary N) is 1. The van der Waals surface area contributed by atoms with Crippen LogP contribution in [-0.2, 0) is 9.53 Å². The maximum Gasteiger partial charge on any atom is 0.329 e. The fourth-order valence-corrected chi connectivity index (χ4v) is 3.65. The molecule has 2 saturated heterocycles. The van der Waals surface area contributed by atoms with Gasteiger partial charge in [0.05, 0.1) is 22.3 Å². The van der Waals surface area contributed by atoms with Gasteiger partial charge < -0.3 is 14.8 Å². The Labute approximate surface area is 150 Å². The Morgan fingerprint density at radius 1 is 1.25 bits per heavy atom. The van der Waals surface area contributed by atoms with Crippen molar-refractivity contribution in [2.24, 2.45) is 5.92 Å². The van der Waals surface area contributed by atoms with Crippen LogP contribution in [0.25, 0.3) is 0 Å². The van der Waals surface area contributed by atoms with Crippen molar-refractivity contribution in [2.75, 3.05) is 24.7 Å². The number of nitrogens with zero attached hydrogens (tertiary/aromatic N) is 1. The number of hydrogen-bond acceptors (Lipinski definition) is 4. The van der Waals surface area contributed by atoms with E-state index in [9.17, 15) is 9.59 Å². The largest absolute Gasteiger partial charge is 0.491 e. The fraction of sp³-hybridized carbons (Fsp3) is 0.500. The van der Waals surface area contributed by atoms with Crippen molar-refractivity contribution in [2.45, 2.75) is 25.8 Å². The van der Waals surface area contributed by atoms with Crippen molar-refractivity contribution >= 4 is 40.8 Å². The van der Waals surface area contributed by atoms with Crippen LogP contribution in [-0.4, -0.2) is 37.8 Å². The number of ether oxygens (including phenoxy) is 2. The third kappa shape index (κ3) is 3.18. The summed E-state index contributed by atoms with van der Waals surface area (Å²) in [6.45, 7) is 3.43. The van der Waals surface area contributed by atoms with Crippen LogP contribution in [0.5, 0.6) is 5.75 Å². The average Bonchev–Trinajstić information content (AvgIpc) is 2.86. The first-order chi connectivity index (χ1) is 11.5. The van der Waals surface area contributed by atoms with E-state index in [-0.39, 0.29) is 21.9 Å². The Bertz CT molecular complexity index is 638. The molecule has 2 aliphatic heterocycles. The van der Waals surface area contributed by atoms with Crippen LogP contribution in [0, 0.1) is 5.92 Å². The Morgan fingerprint density at radius 2 is 1.88 bits per heavy atom. The zero-order chi connectivity index (χ0) is 17.3. The second-order valence-corrected chi connectivity index (χ2v) is 6.54. The lowest BCUT2D eigenvalue weighted by molar-refractivity contribution is -0.120. The first kappa shape index (κ1) is 17.3. The lowest BCUT2D eigenvalue weighted by Gasteiger charge is -2.25. The summed E-state index contributed by atoms with van der Waals surface area (Å²) < 4.78 is 10.7. The number of urea groups is 1. The Hall–Kier alpha value is -1.50. The van der Waals surface area contributed by atoms with Gasteiger partial charge in [0.1, 0.15) is 6.04 Å². The van der Waals surface area contributed by atoms with Gasteiger partial charge in [-0.2, -0.15) is 0 Å². The summed E-state index contributed by atoms with van der Waals surface area (Å²) in [6.07, 6.45) is 1.49. The molecule has 0 bridgehead atoms. The maximum atomic E-state index is 12.7. The minimum Gasteiger partial charge on any atom is -0.491 e. The van der Waals surface area contributed by atoms with E-state index in [1.165, 1.54) is 12.1 Å². The predicted molar refractivity (Wildman–Crippen MR) is 91.0 cm³/mol. The number of benzene rings is 1. The molecule has 8 heteroatoms. The topological polar surface area (TPSA) is 67.9 Å². The van der Waals surface area contributed by atoms with Crippen LogP contribution in [0.3, 0.4) is 0 Å². The van der Waals surface area contributed by atoms with Crippen LogP contribution in [0.4, 0.5) is 10.5 Å². The third-order valence-electron chi connectivity index (χ3n) is 4.24. The van der Waals surface area contributed by atoms with Crippen molar-refractivity contribution in [1.29, 1.82) is 0 Å². The first-order valence-electron chi connectivity index (χ1n) is 7.87. The minimum absolute atomic E-state index is 0.0776. The molecule has 0 aromatic heterocycles. The lowest BCUT2D eigenvalue weighted by atomic mass is 9.92. The summed E-state index contributed by atoms with van der Waals surface area (Å²) in [4.78, 5) is 26.1. The highest BCUT2D eigenvalue weighted by molar-refractivity contribution is 6.38. The number of amides is 3. The van der Waals surface area contributed by atoms with Gasteiger partial charge in [0.25, 0.3) is 5.91 Å². The summed E-state index contributed by atoms with van der Waals surface area (Å²) in [6, 6.07) is 2.03. The van der Waals surface area contributed by atoms with Gasteiger partial charge in [-0.15, -0.1) is 0 Å². The number of halogens is 2. The van der Waals surface area contributed by atoms with E-state index in [0.717, 1.165) is 17.7 Å². The van der Waals surface area contributed by atoms with Gasteiger partial charge >= 0.3 is 6.03 Å². The zero-order valence-corrected chi connectivity index (χ0v) is 14.7. The molecule has 2 fully saturated rings. The van der Waals surface area contributed by atoms with Crippen molar-refractivity contribution in [3.8, 4) is 5.75 Å². The SMILES string of the molecule is CCOc1c(Cl)cc(N2C(=O)NC(C3CCOCC3)C2=O)cc1Cl. The summed E-state index contributed by atoms with van der Waals surface area (Å²) in [5.74, 6) is 0.134. The molecule has 1 N–H and O–H groups in total. The maximum absolute atomic E-state index is 12.7. The third-order valence-corrected chi connectivity index (χ3v) is 4.80. The molecule has 0 spiro atoms. The molecule has 3 amide bonds. The molecular formula is C16H18Cl2N2O4. The molecule has 1 unspecified atom stereocenters. The first-order valence-corrected chi connectivity index (χ1v) is 8.62. The average molecular weight is 373 g/mol. The van der Waals surface area contributed by atoms with Gasteiger partial charge in [0.2, 0.25) is 0 Å². The standard InChI is InChI=1S/C16H18Cl2N2O4/c1-2-24-14-11(17)7-10(8-12(14)18)20-15(21)13(19-16(20)22)9-3-5-23-6-4-9/h7-9,13H,2-6H2,1H3,(H,19,22). The monoisotopic (exact) mass is 372 g/mol. The molecule has 130 valence electrons. The van der Waals surface area contributed by atoms with Crippen LogP contribution in [0.2, 0.25) is 10.0 Å². The molecule has 0 radical (unpaired) electrons.